The Bertz CT molecular complexity index is 685. The average molecular weight is 335 g/mol. The number of benzene rings is 1. The molecule has 0 heterocycles. The van der Waals surface area contributed by atoms with Crippen LogP contribution in [0.3, 0.4) is 0 Å². The van der Waals surface area contributed by atoms with E-state index >= 15 is 0 Å². The first-order valence-corrected chi connectivity index (χ1v) is 7.07. The van der Waals surface area contributed by atoms with Crippen LogP contribution in [0.2, 0.25) is 5.02 Å². The molecule has 0 aliphatic heterocycles. The summed E-state index contributed by atoms with van der Waals surface area (Å²) in [6.07, 6.45) is 0.504. The summed E-state index contributed by atoms with van der Waals surface area (Å²) in [7, 11) is 1.41. The van der Waals surface area contributed by atoms with Gasteiger partial charge in [0, 0.05) is 0 Å². The number of carbonyl (C=O) groups excluding carboxylic acids is 1. The topological polar surface area (TPSA) is 92.3 Å². The molecule has 0 fully saturated rings. The molecule has 0 bridgehead atoms. The smallest absolute Gasteiger partial charge is 0.347 e. The molecule has 7 heteroatoms. The van der Waals surface area contributed by atoms with Crippen LogP contribution in [0.25, 0.3) is 6.08 Å². The molecule has 1 unspecified atom stereocenters. The summed E-state index contributed by atoms with van der Waals surface area (Å²) in [6.45, 7) is 3.47. The first-order chi connectivity index (χ1) is 11.0. The second kappa shape index (κ2) is 8.67. The van der Waals surface area contributed by atoms with Crippen LogP contribution in [0.4, 0.5) is 0 Å². The van der Waals surface area contributed by atoms with Gasteiger partial charge < -0.3 is 14.2 Å². The molecule has 0 saturated carbocycles. The van der Waals surface area contributed by atoms with E-state index in [1.54, 1.807) is 25.1 Å². The SMILES string of the molecule is CCOC(=O)C(C)Oc1c(Cl)cc(C=C(C#N)C#N)cc1OC. The van der Waals surface area contributed by atoms with E-state index in [4.69, 9.17) is 36.3 Å². The molecule has 1 rings (SSSR count). The summed E-state index contributed by atoms with van der Waals surface area (Å²) >= 11 is 6.16. The zero-order chi connectivity index (χ0) is 17.4. The minimum atomic E-state index is -0.864. The number of methoxy groups -OCH3 is 1. The summed E-state index contributed by atoms with van der Waals surface area (Å²) in [6, 6.07) is 6.57. The van der Waals surface area contributed by atoms with Gasteiger partial charge in [-0.05, 0) is 37.6 Å². The number of nitriles is 2. The van der Waals surface area contributed by atoms with Gasteiger partial charge in [0.2, 0.25) is 0 Å². The minimum Gasteiger partial charge on any atom is -0.493 e. The molecule has 0 spiro atoms. The summed E-state index contributed by atoms with van der Waals surface area (Å²) in [5, 5.41) is 17.8. The maximum Gasteiger partial charge on any atom is 0.347 e. The van der Waals surface area contributed by atoms with E-state index in [0.29, 0.717) is 5.56 Å². The van der Waals surface area contributed by atoms with E-state index < -0.39 is 12.1 Å². The molecule has 0 radical (unpaired) electrons. The number of halogens is 1. The molecule has 1 aromatic rings. The summed E-state index contributed by atoms with van der Waals surface area (Å²) in [5.41, 5.74) is 0.428. The molecule has 6 nitrogen and oxygen atoms in total. The first kappa shape index (κ1) is 18.3. The maximum absolute atomic E-state index is 11.6. The molecule has 120 valence electrons. The molecular weight excluding hydrogens is 320 g/mol. The van der Waals surface area contributed by atoms with Crippen LogP contribution in [-0.4, -0.2) is 25.8 Å². The number of ether oxygens (including phenoxy) is 3. The second-order valence-corrected chi connectivity index (χ2v) is 4.74. The molecule has 0 aliphatic carbocycles. The van der Waals surface area contributed by atoms with Crippen LogP contribution in [0, 0.1) is 22.7 Å². The zero-order valence-corrected chi connectivity index (χ0v) is 13.7. The highest BCUT2D eigenvalue weighted by atomic mass is 35.5. The minimum absolute atomic E-state index is 0.0725. The molecular formula is C16H15ClN2O4. The van der Waals surface area contributed by atoms with Crippen LogP contribution in [0.1, 0.15) is 19.4 Å². The van der Waals surface area contributed by atoms with Crippen molar-refractivity contribution in [1.29, 1.82) is 10.5 Å². The van der Waals surface area contributed by atoms with Gasteiger partial charge in [-0.2, -0.15) is 10.5 Å². The van der Waals surface area contributed by atoms with Crippen molar-refractivity contribution in [2.24, 2.45) is 0 Å². The highest BCUT2D eigenvalue weighted by Gasteiger charge is 2.20. The van der Waals surface area contributed by atoms with Crippen LogP contribution >= 0.6 is 11.6 Å². The van der Waals surface area contributed by atoms with Gasteiger partial charge in [0.15, 0.2) is 17.6 Å². The number of rotatable bonds is 6. The monoisotopic (exact) mass is 334 g/mol. The third-order valence-corrected chi connectivity index (χ3v) is 3.00. The Morgan fingerprint density at radius 3 is 2.57 bits per heavy atom. The normalized spacial score (nSPS) is 10.7. The van der Waals surface area contributed by atoms with Crippen molar-refractivity contribution in [3.8, 4) is 23.6 Å². The van der Waals surface area contributed by atoms with Crippen molar-refractivity contribution in [2.45, 2.75) is 20.0 Å². The second-order valence-electron chi connectivity index (χ2n) is 4.33. The summed E-state index contributed by atoms with van der Waals surface area (Å²) in [4.78, 5) is 11.6. The van der Waals surface area contributed by atoms with Crippen molar-refractivity contribution < 1.29 is 19.0 Å². The number of hydrogen-bond donors (Lipinski definition) is 0. The van der Waals surface area contributed by atoms with Gasteiger partial charge in [-0.1, -0.05) is 11.6 Å². The van der Waals surface area contributed by atoms with Crippen molar-refractivity contribution in [3.63, 3.8) is 0 Å². The molecule has 1 atom stereocenters. The lowest BCUT2D eigenvalue weighted by molar-refractivity contribution is -0.150. The summed E-state index contributed by atoms with van der Waals surface area (Å²) < 4.78 is 15.6. The number of carbonyl (C=O) groups is 1. The Morgan fingerprint density at radius 1 is 1.39 bits per heavy atom. The van der Waals surface area contributed by atoms with E-state index in [2.05, 4.69) is 0 Å². The van der Waals surface area contributed by atoms with Crippen molar-refractivity contribution in [2.75, 3.05) is 13.7 Å². The predicted molar refractivity (Wildman–Crippen MR) is 83.9 cm³/mol. The van der Waals surface area contributed by atoms with E-state index in [9.17, 15) is 4.79 Å². The third kappa shape index (κ3) is 4.91. The maximum atomic E-state index is 11.6. The fourth-order valence-corrected chi connectivity index (χ4v) is 1.94. The summed E-state index contributed by atoms with van der Waals surface area (Å²) in [5.74, 6) is -0.0664. The third-order valence-electron chi connectivity index (χ3n) is 2.72. The fourth-order valence-electron chi connectivity index (χ4n) is 1.68. The largest absolute Gasteiger partial charge is 0.493 e. The lowest BCUT2D eigenvalue weighted by Crippen LogP contribution is -2.26. The van der Waals surface area contributed by atoms with Crippen molar-refractivity contribution in [1.82, 2.24) is 0 Å². The Hall–Kier alpha value is -2.70. The van der Waals surface area contributed by atoms with E-state index in [1.165, 1.54) is 26.2 Å². The molecule has 0 saturated heterocycles. The number of allylic oxidation sites excluding steroid dienone is 1. The van der Waals surface area contributed by atoms with Crippen LogP contribution < -0.4 is 9.47 Å². The molecule has 0 aliphatic rings. The van der Waals surface area contributed by atoms with E-state index in [1.807, 2.05) is 0 Å². The van der Waals surface area contributed by atoms with Crippen molar-refractivity contribution in [3.05, 3.63) is 28.3 Å². The Kier molecular flexibility index (Phi) is 6.92. The van der Waals surface area contributed by atoms with Gasteiger partial charge in [-0.25, -0.2) is 4.79 Å². The fraction of sp³-hybridized carbons (Fsp3) is 0.312. The van der Waals surface area contributed by atoms with Crippen LogP contribution in [0.5, 0.6) is 11.5 Å². The molecule has 0 N–H and O–H groups in total. The standard InChI is InChI=1S/C16H15ClN2O4/c1-4-22-16(20)10(2)23-15-13(17)6-11(7-14(15)21-3)5-12(8-18)9-19/h5-7,10H,4H2,1-3H3. The highest BCUT2D eigenvalue weighted by Crippen LogP contribution is 2.37. The molecule has 0 aromatic heterocycles. The molecule has 1 aromatic carbocycles. The lowest BCUT2D eigenvalue weighted by atomic mass is 10.1. The Morgan fingerprint density at radius 2 is 2.04 bits per heavy atom. The average Bonchev–Trinajstić information content (AvgIpc) is 2.54. The number of esters is 1. The Labute approximate surface area is 139 Å². The van der Waals surface area contributed by atoms with Gasteiger partial charge >= 0.3 is 5.97 Å². The highest BCUT2D eigenvalue weighted by molar-refractivity contribution is 6.32. The first-order valence-electron chi connectivity index (χ1n) is 6.69. The van der Waals surface area contributed by atoms with Gasteiger partial charge in [0.1, 0.15) is 17.7 Å². The molecule has 23 heavy (non-hydrogen) atoms. The number of hydrogen-bond acceptors (Lipinski definition) is 6. The van der Waals surface area contributed by atoms with Gasteiger partial charge in [0.25, 0.3) is 0 Å². The van der Waals surface area contributed by atoms with Crippen LogP contribution in [0.15, 0.2) is 17.7 Å². The van der Waals surface area contributed by atoms with E-state index in [0.717, 1.165) is 0 Å². The van der Waals surface area contributed by atoms with Gasteiger partial charge in [-0.3, -0.25) is 0 Å². The predicted octanol–water partition coefficient (Wildman–Crippen LogP) is 3.11. The van der Waals surface area contributed by atoms with Gasteiger partial charge in [0.05, 0.1) is 18.7 Å². The van der Waals surface area contributed by atoms with Gasteiger partial charge in [-0.15, -0.1) is 0 Å². The zero-order valence-electron chi connectivity index (χ0n) is 12.9. The quantitative estimate of drug-likeness (QED) is 0.586. The van der Waals surface area contributed by atoms with E-state index in [-0.39, 0.29) is 28.7 Å². The molecule has 0 amide bonds. The van der Waals surface area contributed by atoms with Crippen molar-refractivity contribution >= 4 is 23.6 Å². The Balaban J connectivity index is 3.17. The number of nitrogens with zero attached hydrogens (tertiary/aromatic N) is 2. The lowest BCUT2D eigenvalue weighted by Gasteiger charge is -2.17. The van der Waals surface area contributed by atoms with Crippen LogP contribution in [-0.2, 0) is 9.53 Å².